The average Bonchev–Trinajstić information content (AvgIpc) is 2.78. The topological polar surface area (TPSA) is 161 Å². The van der Waals surface area contributed by atoms with Crippen LogP contribution in [0.15, 0.2) is 41.5 Å². The van der Waals surface area contributed by atoms with E-state index in [2.05, 4.69) is 25.3 Å². The molecule has 1 unspecified atom stereocenters. The summed E-state index contributed by atoms with van der Waals surface area (Å²) in [6.45, 7) is 1.56. The van der Waals surface area contributed by atoms with E-state index in [4.69, 9.17) is 23.1 Å². The number of anilines is 3. The van der Waals surface area contributed by atoms with Crippen LogP contribution in [-0.2, 0) is 6.18 Å². The molecule has 0 saturated heterocycles. The number of nitrogens with one attached hydrogen (secondary N) is 1. The number of hydrogen-bond donors (Lipinski definition) is 3. The highest BCUT2D eigenvalue weighted by molar-refractivity contribution is 6.35. The lowest BCUT2D eigenvalue weighted by atomic mass is 10.2. The first kappa shape index (κ1) is 23.7. The lowest BCUT2D eigenvalue weighted by Gasteiger charge is -2.21. The van der Waals surface area contributed by atoms with Gasteiger partial charge in [-0.25, -0.2) is 4.98 Å². The Hall–Kier alpha value is -4.44. The summed E-state index contributed by atoms with van der Waals surface area (Å²) in [5.74, 6) is -0.439. The fourth-order valence-electron chi connectivity index (χ4n) is 3.43. The zero-order valence-corrected chi connectivity index (χ0v) is 18.6. The minimum Gasteiger partial charge on any atom is -0.382 e. The maximum Gasteiger partial charge on any atom is 0.417 e. The number of nitrogen functional groups attached to an aromatic ring is 2. The molecular weight excluding hydrogens is 487 g/mol. The molecule has 1 atom stereocenters. The van der Waals surface area contributed by atoms with E-state index < -0.39 is 23.3 Å². The molecule has 5 N–H and O–H groups in total. The molecule has 3 aromatic heterocycles. The number of benzene rings is 1. The minimum absolute atomic E-state index is 0.00876. The van der Waals surface area contributed by atoms with Crippen molar-refractivity contribution in [2.45, 2.75) is 19.1 Å². The second-order valence-electron chi connectivity index (χ2n) is 7.34. The van der Waals surface area contributed by atoms with E-state index in [0.717, 1.165) is 16.8 Å². The van der Waals surface area contributed by atoms with Gasteiger partial charge in [0.1, 0.15) is 23.3 Å². The molecule has 0 aliphatic rings. The van der Waals surface area contributed by atoms with Crippen molar-refractivity contribution >= 4 is 40.1 Å². The number of alkyl halides is 3. The summed E-state index contributed by atoms with van der Waals surface area (Å²) >= 11 is 6.22. The van der Waals surface area contributed by atoms with Crippen molar-refractivity contribution in [2.75, 3.05) is 16.8 Å². The molecule has 4 aromatic rings. The Labute approximate surface area is 200 Å². The monoisotopic (exact) mass is 501 g/mol. The Balaban J connectivity index is 1.97. The fourth-order valence-corrected chi connectivity index (χ4v) is 3.68. The van der Waals surface area contributed by atoms with Crippen LogP contribution in [0.5, 0.6) is 0 Å². The SMILES string of the molecule is CC(Nc1nc(N)nc(N)c1C#N)c1nc2cccc(Cl)c2c(=O)n1-c1cncc(C(F)(F)F)c1. The molecule has 0 spiro atoms. The zero-order chi connectivity index (χ0) is 25.5. The Morgan fingerprint density at radius 1 is 1.20 bits per heavy atom. The van der Waals surface area contributed by atoms with Crippen LogP contribution in [-0.4, -0.2) is 24.5 Å². The number of aromatic nitrogens is 5. The van der Waals surface area contributed by atoms with E-state index in [0.29, 0.717) is 6.20 Å². The number of rotatable bonds is 4. The van der Waals surface area contributed by atoms with Gasteiger partial charge in [0.2, 0.25) is 5.95 Å². The molecule has 0 bridgehead atoms. The number of halogens is 4. The van der Waals surface area contributed by atoms with Crippen LogP contribution >= 0.6 is 11.6 Å². The van der Waals surface area contributed by atoms with Gasteiger partial charge in [-0.05, 0) is 25.1 Å². The summed E-state index contributed by atoms with van der Waals surface area (Å²) in [6.07, 6.45) is -2.96. The predicted molar refractivity (Wildman–Crippen MR) is 123 cm³/mol. The summed E-state index contributed by atoms with van der Waals surface area (Å²) in [5, 5.41) is 12.4. The third-order valence-electron chi connectivity index (χ3n) is 4.99. The summed E-state index contributed by atoms with van der Waals surface area (Å²) in [4.78, 5) is 29.3. The van der Waals surface area contributed by atoms with Gasteiger partial charge in [-0.1, -0.05) is 17.7 Å². The Kier molecular flexibility index (Phi) is 5.91. The average molecular weight is 502 g/mol. The van der Waals surface area contributed by atoms with E-state index in [1.54, 1.807) is 13.0 Å². The van der Waals surface area contributed by atoms with Crippen molar-refractivity contribution in [2.24, 2.45) is 0 Å². The van der Waals surface area contributed by atoms with Gasteiger partial charge in [0, 0.05) is 6.20 Å². The van der Waals surface area contributed by atoms with Gasteiger partial charge in [0.15, 0.2) is 5.82 Å². The number of pyridine rings is 1. The summed E-state index contributed by atoms with van der Waals surface area (Å²) in [6, 6.07) is 6.33. The van der Waals surface area contributed by atoms with Crippen LogP contribution in [0.1, 0.15) is 29.9 Å². The van der Waals surface area contributed by atoms with Gasteiger partial charge in [-0.15, -0.1) is 0 Å². The first-order valence-electron chi connectivity index (χ1n) is 9.84. The van der Waals surface area contributed by atoms with Crippen molar-refractivity contribution in [1.82, 2.24) is 24.5 Å². The molecule has 0 saturated carbocycles. The number of fused-ring (bicyclic) bond motifs is 1. The quantitative estimate of drug-likeness (QED) is 0.380. The van der Waals surface area contributed by atoms with Gasteiger partial charge in [0.05, 0.1) is 39.4 Å². The van der Waals surface area contributed by atoms with Crippen molar-refractivity contribution < 1.29 is 13.2 Å². The lowest BCUT2D eigenvalue weighted by Crippen LogP contribution is -2.28. The van der Waals surface area contributed by atoms with Crippen molar-refractivity contribution in [3.63, 3.8) is 0 Å². The summed E-state index contributed by atoms with van der Waals surface area (Å²) < 4.78 is 41.1. The van der Waals surface area contributed by atoms with E-state index in [-0.39, 0.29) is 50.6 Å². The van der Waals surface area contributed by atoms with Crippen LogP contribution < -0.4 is 22.3 Å². The van der Waals surface area contributed by atoms with E-state index in [9.17, 15) is 23.2 Å². The second kappa shape index (κ2) is 8.73. The molecule has 0 amide bonds. The number of nitriles is 1. The Morgan fingerprint density at radius 3 is 2.63 bits per heavy atom. The highest BCUT2D eigenvalue weighted by atomic mass is 35.5. The lowest BCUT2D eigenvalue weighted by molar-refractivity contribution is -0.137. The van der Waals surface area contributed by atoms with Gasteiger partial charge >= 0.3 is 6.18 Å². The Morgan fingerprint density at radius 2 is 1.94 bits per heavy atom. The molecule has 1 aromatic carbocycles. The molecule has 0 aliphatic carbocycles. The van der Waals surface area contributed by atoms with Gasteiger partial charge < -0.3 is 16.8 Å². The standard InChI is InChI=1S/C21H15ClF3N9O/c1-9(30-17-12(6-26)16(27)32-20(28)33-17)18-31-14-4-2-3-13(22)15(14)19(35)34(18)11-5-10(7-29-8-11)21(23,24)25/h2-5,7-9H,1H3,(H5,27,28,30,32,33). The maximum atomic E-state index is 13.5. The molecule has 0 fully saturated rings. The molecule has 3 heterocycles. The maximum absolute atomic E-state index is 13.5. The molecule has 4 rings (SSSR count). The number of hydrogen-bond acceptors (Lipinski definition) is 9. The van der Waals surface area contributed by atoms with Crippen LogP contribution in [0.2, 0.25) is 5.02 Å². The molecule has 0 radical (unpaired) electrons. The van der Waals surface area contributed by atoms with E-state index >= 15 is 0 Å². The summed E-state index contributed by atoms with van der Waals surface area (Å²) in [5.41, 5.74) is 9.53. The van der Waals surface area contributed by atoms with Crippen LogP contribution in [0.25, 0.3) is 16.6 Å². The van der Waals surface area contributed by atoms with Gasteiger partial charge in [-0.2, -0.15) is 28.4 Å². The van der Waals surface area contributed by atoms with Crippen LogP contribution in [0, 0.1) is 11.3 Å². The molecule has 35 heavy (non-hydrogen) atoms. The minimum atomic E-state index is -4.70. The van der Waals surface area contributed by atoms with E-state index in [1.165, 1.54) is 12.1 Å². The van der Waals surface area contributed by atoms with Crippen LogP contribution in [0.3, 0.4) is 0 Å². The highest BCUT2D eigenvalue weighted by Crippen LogP contribution is 2.31. The first-order valence-corrected chi connectivity index (χ1v) is 10.2. The number of nitrogens with two attached hydrogens (primary N) is 2. The highest BCUT2D eigenvalue weighted by Gasteiger charge is 2.32. The predicted octanol–water partition coefficient (Wildman–Crippen LogP) is 3.45. The molecule has 178 valence electrons. The molecule has 0 aliphatic heterocycles. The largest absolute Gasteiger partial charge is 0.417 e. The normalized spacial score (nSPS) is 12.3. The third kappa shape index (κ3) is 4.38. The smallest absolute Gasteiger partial charge is 0.382 e. The molecule has 14 heteroatoms. The Bertz CT molecular complexity index is 1560. The first-order chi connectivity index (χ1) is 16.5. The molecule has 10 nitrogen and oxygen atoms in total. The van der Waals surface area contributed by atoms with Crippen molar-refractivity contribution in [3.8, 4) is 11.8 Å². The second-order valence-corrected chi connectivity index (χ2v) is 7.75. The van der Waals surface area contributed by atoms with E-state index in [1.807, 2.05) is 6.07 Å². The number of nitrogens with zero attached hydrogens (tertiary/aromatic N) is 6. The summed E-state index contributed by atoms with van der Waals surface area (Å²) in [7, 11) is 0. The fraction of sp³-hybridized carbons (Fsp3) is 0.143. The van der Waals surface area contributed by atoms with Gasteiger partial charge in [0.25, 0.3) is 5.56 Å². The van der Waals surface area contributed by atoms with Crippen molar-refractivity contribution in [1.29, 1.82) is 5.26 Å². The van der Waals surface area contributed by atoms with Crippen LogP contribution in [0.4, 0.5) is 30.8 Å². The van der Waals surface area contributed by atoms with Gasteiger partial charge in [-0.3, -0.25) is 14.3 Å². The third-order valence-corrected chi connectivity index (χ3v) is 5.30. The molecular formula is C21H15ClF3N9O. The zero-order valence-electron chi connectivity index (χ0n) is 17.8. The van der Waals surface area contributed by atoms with Crippen molar-refractivity contribution in [3.05, 3.63) is 69.0 Å².